The van der Waals surface area contributed by atoms with E-state index in [0.717, 1.165) is 0 Å². The number of nitrogens with zero attached hydrogens (tertiary/aromatic N) is 2. The van der Waals surface area contributed by atoms with Crippen LogP contribution < -0.4 is 11.1 Å². The van der Waals surface area contributed by atoms with E-state index in [1.54, 1.807) is 0 Å². The molecule has 0 unspecified atom stereocenters. The van der Waals surface area contributed by atoms with Crippen LogP contribution in [0, 0.1) is 0 Å². The summed E-state index contributed by atoms with van der Waals surface area (Å²) in [6, 6.07) is 0.0381. The average Bonchev–Trinajstić information content (AvgIpc) is 2.45. The Balaban J connectivity index is 2.95. The van der Waals surface area contributed by atoms with Gasteiger partial charge in [-0.25, -0.2) is 4.79 Å². The maximum atomic E-state index is 11.6. The molecule has 0 atom stereocenters. The highest BCUT2D eigenvalue weighted by Crippen LogP contribution is 2.18. The van der Waals surface area contributed by atoms with E-state index in [1.807, 2.05) is 34.6 Å². The molecule has 0 aliphatic heterocycles. The van der Waals surface area contributed by atoms with Crippen LogP contribution in [0.4, 0.5) is 0 Å². The van der Waals surface area contributed by atoms with E-state index in [-0.39, 0.29) is 23.9 Å². The normalized spacial score (nSPS) is 11.9. The molecular formula is C11H19N3O3. The minimum Gasteiger partial charge on any atom is -0.352 e. The Labute approximate surface area is 100.0 Å². The van der Waals surface area contributed by atoms with E-state index in [4.69, 9.17) is 0 Å². The molecule has 0 fully saturated rings. The molecule has 0 saturated heterocycles. The molecule has 6 nitrogen and oxygen atoms in total. The van der Waals surface area contributed by atoms with Gasteiger partial charge in [-0.05, 0) is 13.8 Å². The van der Waals surface area contributed by atoms with Crippen molar-refractivity contribution < 1.29 is 9.32 Å². The first-order chi connectivity index (χ1) is 7.71. The van der Waals surface area contributed by atoms with Crippen LogP contribution in [-0.2, 0) is 16.8 Å². The summed E-state index contributed by atoms with van der Waals surface area (Å²) < 4.78 is 5.87. The van der Waals surface area contributed by atoms with Crippen LogP contribution in [0.1, 0.15) is 40.4 Å². The SMILES string of the molecule is CC(C)NC(=O)Cn1c(C(C)(C)C)noc1=O. The van der Waals surface area contributed by atoms with E-state index in [0.29, 0.717) is 5.82 Å². The van der Waals surface area contributed by atoms with Crippen LogP contribution in [0.25, 0.3) is 0 Å². The molecule has 1 N–H and O–H groups in total. The van der Waals surface area contributed by atoms with E-state index in [2.05, 4.69) is 15.0 Å². The zero-order chi connectivity index (χ0) is 13.2. The van der Waals surface area contributed by atoms with Crippen molar-refractivity contribution in [2.75, 3.05) is 0 Å². The van der Waals surface area contributed by atoms with Gasteiger partial charge < -0.3 is 5.32 Å². The second-order valence-electron chi connectivity index (χ2n) is 5.33. The quantitative estimate of drug-likeness (QED) is 0.843. The van der Waals surface area contributed by atoms with Crippen LogP contribution in [0.5, 0.6) is 0 Å². The van der Waals surface area contributed by atoms with Gasteiger partial charge in [0.1, 0.15) is 6.54 Å². The van der Waals surface area contributed by atoms with Gasteiger partial charge in [0.25, 0.3) is 0 Å². The molecule has 0 aliphatic rings. The second kappa shape index (κ2) is 4.73. The van der Waals surface area contributed by atoms with Crippen LogP contribution in [0.3, 0.4) is 0 Å². The summed E-state index contributed by atoms with van der Waals surface area (Å²) in [6.07, 6.45) is 0. The number of carbonyl (C=O) groups is 1. The van der Waals surface area contributed by atoms with E-state index >= 15 is 0 Å². The Morgan fingerprint density at radius 1 is 1.47 bits per heavy atom. The number of hydrogen-bond acceptors (Lipinski definition) is 4. The van der Waals surface area contributed by atoms with Crippen LogP contribution in [0.2, 0.25) is 0 Å². The summed E-state index contributed by atoms with van der Waals surface area (Å²) in [5.74, 6) is -0.356. The Hall–Kier alpha value is -1.59. The molecule has 1 heterocycles. The standard InChI is InChI=1S/C11H19N3O3/c1-7(2)12-8(15)6-14-9(11(3,4)5)13-17-10(14)16/h7H,6H2,1-5H3,(H,12,15). The Kier molecular flexibility index (Phi) is 3.75. The minimum atomic E-state index is -0.603. The number of aromatic nitrogens is 2. The van der Waals surface area contributed by atoms with Crippen molar-refractivity contribution in [1.82, 2.24) is 15.0 Å². The summed E-state index contributed by atoms with van der Waals surface area (Å²) in [5.41, 5.74) is -0.343. The highest BCUT2D eigenvalue weighted by Gasteiger charge is 2.25. The summed E-state index contributed by atoms with van der Waals surface area (Å²) in [4.78, 5) is 23.1. The van der Waals surface area contributed by atoms with E-state index in [1.165, 1.54) is 4.57 Å². The smallest absolute Gasteiger partial charge is 0.352 e. The predicted octanol–water partition coefficient (Wildman–Crippen LogP) is 0.658. The summed E-state index contributed by atoms with van der Waals surface area (Å²) >= 11 is 0. The van der Waals surface area contributed by atoms with Crippen molar-refractivity contribution in [3.8, 4) is 0 Å². The first-order valence-corrected chi connectivity index (χ1v) is 5.58. The number of hydrogen-bond donors (Lipinski definition) is 1. The fourth-order valence-electron chi connectivity index (χ4n) is 1.46. The van der Waals surface area contributed by atoms with Gasteiger partial charge in [-0.2, -0.15) is 0 Å². The molecule has 17 heavy (non-hydrogen) atoms. The molecule has 0 saturated carbocycles. The molecule has 1 amide bonds. The van der Waals surface area contributed by atoms with Crippen molar-refractivity contribution in [2.24, 2.45) is 0 Å². The van der Waals surface area contributed by atoms with Gasteiger partial charge in [0.15, 0.2) is 5.82 Å². The van der Waals surface area contributed by atoms with Crippen molar-refractivity contribution in [3.05, 3.63) is 16.4 Å². The van der Waals surface area contributed by atoms with Crippen molar-refractivity contribution in [2.45, 2.75) is 52.6 Å². The summed E-state index contributed by atoms with van der Waals surface area (Å²) in [5, 5.41) is 6.43. The topological polar surface area (TPSA) is 77.1 Å². The van der Waals surface area contributed by atoms with Gasteiger partial charge >= 0.3 is 5.76 Å². The van der Waals surface area contributed by atoms with E-state index < -0.39 is 5.76 Å². The summed E-state index contributed by atoms with van der Waals surface area (Å²) in [7, 11) is 0. The molecule has 0 aliphatic carbocycles. The minimum absolute atomic E-state index is 0.0381. The third-order valence-corrected chi connectivity index (χ3v) is 2.11. The third kappa shape index (κ3) is 3.44. The third-order valence-electron chi connectivity index (χ3n) is 2.11. The van der Waals surface area contributed by atoms with Gasteiger partial charge in [0, 0.05) is 11.5 Å². The molecule has 0 aromatic carbocycles. The first-order valence-electron chi connectivity index (χ1n) is 5.58. The largest absolute Gasteiger partial charge is 0.442 e. The number of rotatable bonds is 3. The van der Waals surface area contributed by atoms with Crippen LogP contribution >= 0.6 is 0 Å². The molecule has 0 spiro atoms. The van der Waals surface area contributed by atoms with Gasteiger partial charge in [-0.3, -0.25) is 13.9 Å². The molecule has 96 valence electrons. The maximum Gasteiger partial charge on any atom is 0.442 e. The van der Waals surface area contributed by atoms with Crippen molar-refractivity contribution in [1.29, 1.82) is 0 Å². The lowest BCUT2D eigenvalue weighted by atomic mass is 9.96. The average molecular weight is 241 g/mol. The van der Waals surface area contributed by atoms with Crippen molar-refractivity contribution in [3.63, 3.8) is 0 Å². The number of amides is 1. The fourth-order valence-corrected chi connectivity index (χ4v) is 1.46. The van der Waals surface area contributed by atoms with Gasteiger partial charge in [-0.1, -0.05) is 25.9 Å². The highest BCUT2D eigenvalue weighted by atomic mass is 16.5. The molecular weight excluding hydrogens is 222 g/mol. The monoisotopic (exact) mass is 241 g/mol. The maximum absolute atomic E-state index is 11.6. The zero-order valence-corrected chi connectivity index (χ0v) is 10.9. The van der Waals surface area contributed by atoms with Gasteiger partial charge in [-0.15, -0.1) is 0 Å². The first kappa shape index (κ1) is 13.5. The molecule has 1 rings (SSSR count). The fraction of sp³-hybridized carbons (Fsp3) is 0.727. The lowest BCUT2D eigenvalue weighted by Crippen LogP contribution is -2.37. The van der Waals surface area contributed by atoms with Gasteiger partial charge in [0.2, 0.25) is 5.91 Å². The molecule has 1 aromatic heterocycles. The number of nitrogens with one attached hydrogen (secondary N) is 1. The Morgan fingerprint density at radius 3 is 2.53 bits per heavy atom. The summed E-state index contributed by atoms with van der Waals surface area (Å²) in [6.45, 7) is 9.37. The van der Waals surface area contributed by atoms with E-state index in [9.17, 15) is 9.59 Å². The lowest BCUT2D eigenvalue weighted by molar-refractivity contribution is -0.122. The lowest BCUT2D eigenvalue weighted by Gasteiger charge is -2.17. The van der Waals surface area contributed by atoms with Crippen LogP contribution in [-0.4, -0.2) is 21.7 Å². The molecule has 6 heteroatoms. The molecule has 0 bridgehead atoms. The highest BCUT2D eigenvalue weighted by molar-refractivity contribution is 5.76. The zero-order valence-electron chi connectivity index (χ0n) is 10.9. The van der Waals surface area contributed by atoms with Crippen molar-refractivity contribution >= 4 is 5.91 Å². The van der Waals surface area contributed by atoms with Crippen LogP contribution in [0.15, 0.2) is 9.32 Å². The molecule has 1 aromatic rings. The molecule has 0 radical (unpaired) electrons. The number of carbonyl (C=O) groups excluding carboxylic acids is 1. The predicted molar refractivity (Wildman–Crippen MR) is 62.7 cm³/mol. The second-order valence-corrected chi connectivity index (χ2v) is 5.33. The Bertz CT molecular complexity index is 451. The Morgan fingerprint density at radius 2 is 2.06 bits per heavy atom. The van der Waals surface area contributed by atoms with Gasteiger partial charge in [0.05, 0.1) is 0 Å².